The van der Waals surface area contributed by atoms with Gasteiger partial charge < -0.3 is 14.4 Å². The van der Waals surface area contributed by atoms with Crippen molar-refractivity contribution >= 4 is 17.3 Å². The van der Waals surface area contributed by atoms with E-state index in [1.165, 1.54) is 0 Å². The monoisotopic (exact) mass is 403 g/mol. The van der Waals surface area contributed by atoms with Crippen molar-refractivity contribution in [2.24, 2.45) is 0 Å². The maximum absolute atomic E-state index is 12.9. The van der Waals surface area contributed by atoms with Gasteiger partial charge in [0.05, 0.1) is 27.3 Å². The zero-order valence-electron chi connectivity index (χ0n) is 17.4. The maximum Gasteiger partial charge on any atom is 0.182 e. The number of hydrogen-bond donors (Lipinski definition) is 0. The molecule has 5 nitrogen and oxygen atoms in total. The first kappa shape index (κ1) is 21.1. The third-order valence-corrected chi connectivity index (χ3v) is 4.89. The molecule has 0 aliphatic heterocycles. The third kappa shape index (κ3) is 5.26. The number of nitrogens with zero attached hydrogens (tertiary/aromatic N) is 1. The molecule has 0 aliphatic carbocycles. The maximum atomic E-state index is 12.9. The van der Waals surface area contributed by atoms with Gasteiger partial charge in [-0.1, -0.05) is 17.7 Å². The van der Waals surface area contributed by atoms with Gasteiger partial charge in [0.2, 0.25) is 0 Å². The smallest absolute Gasteiger partial charge is 0.182 e. The van der Waals surface area contributed by atoms with Crippen molar-refractivity contribution in [3.63, 3.8) is 0 Å². The molecule has 0 atom stereocenters. The van der Waals surface area contributed by atoms with Crippen LogP contribution in [0.3, 0.4) is 0 Å². The second kappa shape index (κ2) is 9.74. The molecule has 0 unspecified atom stereocenters. The highest BCUT2D eigenvalue weighted by Crippen LogP contribution is 2.19. The van der Waals surface area contributed by atoms with Crippen LogP contribution in [0, 0.1) is 6.92 Å². The molecule has 0 aromatic heterocycles. The van der Waals surface area contributed by atoms with E-state index in [4.69, 9.17) is 9.47 Å². The molecule has 3 aromatic carbocycles. The second-order valence-electron chi connectivity index (χ2n) is 6.99. The summed E-state index contributed by atoms with van der Waals surface area (Å²) in [6, 6.07) is 21.8. The largest absolute Gasteiger partial charge is 0.497 e. The van der Waals surface area contributed by atoms with Gasteiger partial charge in [0.1, 0.15) is 11.5 Å². The molecule has 3 rings (SSSR count). The summed E-state index contributed by atoms with van der Waals surface area (Å²) in [7, 11) is 3.17. The Labute approximate surface area is 176 Å². The van der Waals surface area contributed by atoms with Crippen LogP contribution in [0.15, 0.2) is 72.8 Å². The number of benzene rings is 3. The lowest BCUT2D eigenvalue weighted by molar-refractivity contribution is 0.0984. The predicted molar refractivity (Wildman–Crippen MR) is 118 cm³/mol. The van der Waals surface area contributed by atoms with Crippen molar-refractivity contribution in [1.82, 2.24) is 0 Å². The van der Waals surface area contributed by atoms with E-state index in [0.717, 1.165) is 11.3 Å². The molecule has 0 amide bonds. The van der Waals surface area contributed by atoms with Crippen molar-refractivity contribution < 1.29 is 19.1 Å². The Morgan fingerprint density at radius 2 is 1.07 bits per heavy atom. The first-order chi connectivity index (χ1) is 14.5. The van der Waals surface area contributed by atoms with Gasteiger partial charge >= 0.3 is 0 Å². The Kier molecular flexibility index (Phi) is 6.86. The summed E-state index contributed by atoms with van der Waals surface area (Å²) < 4.78 is 10.3. The minimum atomic E-state index is -0.0687. The lowest BCUT2D eigenvalue weighted by Crippen LogP contribution is -2.34. The summed E-state index contributed by atoms with van der Waals surface area (Å²) >= 11 is 0. The Bertz CT molecular complexity index is 931. The number of ether oxygens (including phenoxy) is 2. The van der Waals surface area contributed by atoms with Crippen LogP contribution in [0.25, 0.3) is 0 Å². The molecular formula is C25H25NO4. The molecule has 0 aliphatic rings. The van der Waals surface area contributed by atoms with E-state index in [1.807, 2.05) is 31.2 Å². The molecule has 0 spiro atoms. The predicted octanol–water partition coefficient (Wildman–Crippen LogP) is 4.58. The van der Waals surface area contributed by atoms with Gasteiger partial charge in [-0.2, -0.15) is 0 Å². The highest BCUT2D eigenvalue weighted by Gasteiger charge is 2.18. The summed E-state index contributed by atoms with van der Waals surface area (Å²) in [4.78, 5) is 27.6. The molecule has 0 bridgehead atoms. The first-order valence-electron chi connectivity index (χ1n) is 9.66. The molecule has 0 heterocycles. The number of methoxy groups -OCH3 is 2. The minimum absolute atomic E-state index is 0.0687. The van der Waals surface area contributed by atoms with E-state index >= 15 is 0 Å². The van der Waals surface area contributed by atoms with Gasteiger partial charge in [-0.05, 0) is 67.6 Å². The number of ketones is 2. The Hall–Kier alpha value is -3.60. The van der Waals surface area contributed by atoms with Crippen LogP contribution < -0.4 is 14.4 Å². The van der Waals surface area contributed by atoms with Crippen LogP contribution in [-0.2, 0) is 0 Å². The summed E-state index contributed by atoms with van der Waals surface area (Å²) in [5, 5.41) is 0. The SMILES string of the molecule is COc1ccc(C(=O)CN(CC(=O)c2ccc(OC)cc2)c2ccc(C)cc2)cc1. The normalized spacial score (nSPS) is 10.4. The Morgan fingerprint density at radius 1 is 0.667 bits per heavy atom. The van der Waals surface area contributed by atoms with Gasteiger partial charge in [-0.15, -0.1) is 0 Å². The van der Waals surface area contributed by atoms with Crippen molar-refractivity contribution in [3.05, 3.63) is 89.5 Å². The van der Waals surface area contributed by atoms with Gasteiger partial charge in [0, 0.05) is 16.8 Å². The van der Waals surface area contributed by atoms with Crippen molar-refractivity contribution in [2.45, 2.75) is 6.92 Å². The molecule has 5 heteroatoms. The zero-order chi connectivity index (χ0) is 21.5. The quantitative estimate of drug-likeness (QED) is 0.489. The van der Waals surface area contributed by atoms with Crippen LogP contribution in [0.2, 0.25) is 0 Å². The fourth-order valence-corrected chi connectivity index (χ4v) is 3.08. The lowest BCUT2D eigenvalue weighted by atomic mass is 10.1. The number of aryl methyl sites for hydroxylation is 1. The molecule has 3 aromatic rings. The van der Waals surface area contributed by atoms with Crippen molar-refractivity contribution in [3.8, 4) is 11.5 Å². The highest BCUT2D eigenvalue weighted by atomic mass is 16.5. The third-order valence-electron chi connectivity index (χ3n) is 4.89. The lowest BCUT2D eigenvalue weighted by Gasteiger charge is -2.24. The molecule has 0 N–H and O–H groups in total. The van der Waals surface area contributed by atoms with Crippen LogP contribution in [-0.4, -0.2) is 38.9 Å². The van der Waals surface area contributed by atoms with Gasteiger partial charge in [0.15, 0.2) is 11.6 Å². The minimum Gasteiger partial charge on any atom is -0.497 e. The average Bonchev–Trinajstić information content (AvgIpc) is 2.79. The number of carbonyl (C=O) groups excluding carboxylic acids is 2. The van der Waals surface area contributed by atoms with Crippen molar-refractivity contribution in [2.75, 3.05) is 32.2 Å². The van der Waals surface area contributed by atoms with E-state index in [0.29, 0.717) is 22.6 Å². The molecule has 30 heavy (non-hydrogen) atoms. The highest BCUT2D eigenvalue weighted by molar-refractivity contribution is 6.03. The van der Waals surface area contributed by atoms with E-state index < -0.39 is 0 Å². The molecule has 154 valence electrons. The fraction of sp³-hybridized carbons (Fsp3) is 0.200. The second-order valence-corrected chi connectivity index (χ2v) is 6.99. The van der Waals surface area contributed by atoms with Crippen LogP contribution in [0.4, 0.5) is 5.69 Å². The first-order valence-corrected chi connectivity index (χ1v) is 9.66. The summed E-state index contributed by atoms with van der Waals surface area (Å²) in [6.07, 6.45) is 0. The van der Waals surface area contributed by atoms with Gasteiger partial charge in [0.25, 0.3) is 0 Å². The van der Waals surface area contributed by atoms with Crippen LogP contribution in [0.1, 0.15) is 26.3 Å². The van der Waals surface area contributed by atoms with Crippen LogP contribution >= 0.6 is 0 Å². The topological polar surface area (TPSA) is 55.8 Å². The standard InChI is InChI=1S/C25H25NO4/c1-18-4-10-21(11-5-18)26(16-24(27)19-6-12-22(29-2)13-7-19)17-25(28)20-8-14-23(30-3)15-9-20/h4-15H,16-17H2,1-3H3. The van der Waals surface area contributed by atoms with Crippen LogP contribution in [0.5, 0.6) is 11.5 Å². The molecular weight excluding hydrogens is 378 g/mol. The zero-order valence-corrected chi connectivity index (χ0v) is 17.4. The summed E-state index contributed by atoms with van der Waals surface area (Å²) in [5.74, 6) is 1.25. The van der Waals surface area contributed by atoms with Crippen molar-refractivity contribution in [1.29, 1.82) is 0 Å². The van der Waals surface area contributed by atoms with E-state index in [2.05, 4.69) is 0 Å². The fourth-order valence-electron chi connectivity index (χ4n) is 3.08. The molecule has 0 saturated carbocycles. The number of carbonyl (C=O) groups is 2. The Balaban J connectivity index is 1.81. The van der Waals surface area contributed by atoms with E-state index in [1.54, 1.807) is 67.7 Å². The Morgan fingerprint density at radius 3 is 1.43 bits per heavy atom. The number of anilines is 1. The summed E-state index contributed by atoms with van der Waals surface area (Å²) in [6.45, 7) is 2.19. The number of hydrogen-bond acceptors (Lipinski definition) is 5. The van der Waals surface area contributed by atoms with Gasteiger partial charge in [-0.3, -0.25) is 9.59 Å². The van der Waals surface area contributed by atoms with Gasteiger partial charge in [-0.25, -0.2) is 0 Å². The molecule has 0 saturated heterocycles. The van der Waals surface area contributed by atoms with E-state index in [-0.39, 0.29) is 24.7 Å². The number of rotatable bonds is 9. The number of Topliss-reactive ketones (excluding diaryl/α,β-unsaturated/α-hetero) is 2. The molecule has 0 radical (unpaired) electrons. The van der Waals surface area contributed by atoms with E-state index in [9.17, 15) is 9.59 Å². The summed E-state index contributed by atoms with van der Waals surface area (Å²) in [5.41, 5.74) is 3.08. The molecule has 0 fully saturated rings. The average molecular weight is 403 g/mol.